The number of carboxylic acid groups (broad SMARTS) is 1. The molecule has 0 atom stereocenters. The molecule has 9 heteroatoms. The van der Waals surface area contributed by atoms with Crippen molar-refractivity contribution in [3.8, 4) is 17.0 Å². The zero-order chi connectivity index (χ0) is 17.2. The number of hydrogen-bond acceptors (Lipinski definition) is 3. The van der Waals surface area contributed by atoms with Crippen LogP contribution in [0.4, 0.5) is 17.6 Å². The summed E-state index contributed by atoms with van der Waals surface area (Å²) in [4.78, 5) is 14.6. The maximum atomic E-state index is 13.2. The SMILES string of the molecule is O=C(O)c1cnc(OCC(F)(F)F)c(-c2ccc(F)c(Cl)c2)c1. The number of rotatable bonds is 4. The standard InChI is InChI=1S/C14H8ClF4NO3/c15-10-4-7(1-2-11(10)16)9-3-8(13(21)22)5-20-12(9)23-6-14(17,18)19/h1-5H,6H2,(H,21,22). The molecule has 0 aliphatic carbocycles. The Hall–Kier alpha value is -2.35. The van der Waals surface area contributed by atoms with Crippen molar-refractivity contribution in [1.82, 2.24) is 4.98 Å². The van der Waals surface area contributed by atoms with Gasteiger partial charge in [-0.15, -0.1) is 0 Å². The molecular formula is C14H8ClF4NO3. The van der Waals surface area contributed by atoms with Crippen LogP contribution in [-0.4, -0.2) is 28.8 Å². The predicted molar refractivity (Wildman–Crippen MR) is 73.2 cm³/mol. The zero-order valence-electron chi connectivity index (χ0n) is 11.2. The van der Waals surface area contributed by atoms with Gasteiger partial charge in [-0.3, -0.25) is 0 Å². The molecule has 1 N–H and O–H groups in total. The Morgan fingerprint density at radius 1 is 1.30 bits per heavy atom. The van der Waals surface area contributed by atoms with Crippen molar-refractivity contribution in [2.24, 2.45) is 0 Å². The first-order valence-electron chi connectivity index (χ1n) is 6.05. The smallest absolute Gasteiger partial charge is 0.422 e. The molecule has 0 aliphatic heterocycles. The third-order valence-corrected chi connectivity index (χ3v) is 2.99. The second-order valence-electron chi connectivity index (χ2n) is 4.41. The molecule has 0 saturated carbocycles. The minimum atomic E-state index is -4.59. The van der Waals surface area contributed by atoms with Crippen molar-refractivity contribution in [2.75, 3.05) is 6.61 Å². The van der Waals surface area contributed by atoms with Gasteiger partial charge in [0.1, 0.15) is 5.82 Å². The third-order valence-electron chi connectivity index (χ3n) is 2.70. The zero-order valence-corrected chi connectivity index (χ0v) is 12.0. The predicted octanol–water partition coefficient (Wildman–Crippen LogP) is 4.18. The minimum Gasteiger partial charge on any atom is -0.478 e. The van der Waals surface area contributed by atoms with E-state index in [9.17, 15) is 22.4 Å². The minimum absolute atomic E-state index is 0.0453. The lowest BCUT2D eigenvalue weighted by molar-refractivity contribution is -0.154. The summed E-state index contributed by atoms with van der Waals surface area (Å²) in [7, 11) is 0. The van der Waals surface area contributed by atoms with E-state index in [0.717, 1.165) is 24.4 Å². The molecule has 0 amide bonds. The first kappa shape index (κ1) is 17.0. The highest BCUT2D eigenvalue weighted by Gasteiger charge is 2.29. The van der Waals surface area contributed by atoms with E-state index in [1.807, 2.05) is 0 Å². The van der Waals surface area contributed by atoms with Crippen molar-refractivity contribution in [3.05, 3.63) is 46.9 Å². The van der Waals surface area contributed by atoms with Crippen LogP contribution in [0, 0.1) is 5.82 Å². The van der Waals surface area contributed by atoms with Crippen LogP contribution >= 0.6 is 11.6 Å². The van der Waals surface area contributed by atoms with Gasteiger partial charge in [0.25, 0.3) is 0 Å². The summed E-state index contributed by atoms with van der Waals surface area (Å²) in [5.41, 5.74) is -0.139. The van der Waals surface area contributed by atoms with Crippen molar-refractivity contribution < 1.29 is 32.2 Å². The molecule has 2 aromatic rings. The first-order valence-corrected chi connectivity index (χ1v) is 6.43. The number of aromatic nitrogens is 1. The molecular weight excluding hydrogens is 342 g/mol. The number of aromatic carboxylic acids is 1. The number of nitrogens with zero attached hydrogens (tertiary/aromatic N) is 1. The van der Waals surface area contributed by atoms with E-state index in [4.69, 9.17) is 16.7 Å². The fraction of sp³-hybridized carbons (Fsp3) is 0.143. The lowest BCUT2D eigenvalue weighted by Gasteiger charge is -2.13. The quantitative estimate of drug-likeness (QED) is 0.841. The Kier molecular flexibility index (Phi) is 4.74. The number of alkyl halides is 3. The Morgan fingerprint density at radius 3 is 2.57 bits per heavy atom. The fourth-order valence-corrected chi connectivity index (χ4v) is 1.89. The average molecular weight is 350 g/mol. The van der Waals surface area contributed by atoms with Crippen LogP contribution in [0.25, 0.3) is 11.1 Å². The van der Waals surface area contributed by atoms with Gasteiger partial charge in [-0.1, -0.05) is 17.7 Å². The lowest BCUT2D eigenvalue weighted by atomic mass is 10.1. The van der Waals surface area contributed by atoms with Crippen LogP contribution < -0.4 is 4.74 Å². The number of ether oxygens (including phenoxy) is 1. The van der Waals surface area contributed by atoms with E-state index in [0.29, 0.717) is 0 Å². The largest absolute Gasteiger partial charge is 0.478 e. The fourth-order valence-electron chi connectivity index (χ4n) is 1.70. The molecule has 1 aromatic heterocycles. The van der Waals surface area contributed by atoms with E-state index >= 15 is 0 Å². The number of pyridine rings is 1. The molecule has 1 aromatic carbocycles. The second kappa shape index (κ2) is 6.41. The summed E-state index contributed by atoms with van der Waals surface area (Å²) >= 11 is 5.64. The van der Waals surface area contributed by atoms with Gasteiger partial charge in [-0.2, -0.15) is 13.2 Å². The number of hydrogen-bond donors (Lipinski definition) is 1. The number of benzene rings is 1. The van der Waals surface area contributed by atoms with Gasteiger partial charge < -0.3 is 9.84 Å². The molecule has 2 rings (SSSR count). The first-order chi connectivity index (χ1) is 10.7. The molecule has 4 nitrogen and oxygen atoms in total. The summed E-state index contributed by atoms with van der Waals surface area (Å²) in [5.74, 6) is -2.49. The Morgan fingerprint density at radius 2 is 2.00 bits per heavy atom. The number of halogens is 5. The van der Waals surface area contributed by atoms with Gasteiger partial charge in [0.2, 0.25) is 5.88 Å². The van der Waals surface area contributed by atoms with Crippen LogP contribution in [0.1, 0.15) is 10.4 Å². The molecule has 0 fully saturated rings. The average Bonchev–Trinajstić information content (AvgIpc) is 2.47. The molecule has 23 heavy (non-hydrogen) atoms. The molecule has 1 heterocycles. The van der Waals surface area contributed by atoms with Crippen molar-refractivity contribution in [3.63, 3.8) is 0 Å². The highest BCUT2D eigenvalue weighted by molar-refractivity contribution is 6.31. The van der Waals surface area contributed by atoms with Gasteiger partial charge in [0.15, 0.2) is 6.61 Å². The van der Waals surface area contributed by atoms with Gasteiger partial charge in [0.05, 0.1) is 10.6 Å². The van der Waals surface area contributed by atoms with Crippen LogP contribution in [0.3, 0.4) is 0 Å². The normalized spacial score (nSPS) is 11.3. The van der Waals surface area contributed by atoms with Gasteiger partial charge in [-0.25, -0.2) is 14.2 Å². The Labute approximate surface area is 132 Å². The van der Waals surface area contributed by atoms with Crippen LogP contribution in [0.5, 0.6) is 5.88 Å². The van der Waals surface area contributed by atoms with E-state index in [-0.39, 0.29) is 21.7 Å². The summed E-state index contributed by atoms with van der Waals surface area (Å²) in [6.45, 7) is -1.60. The van der Waals surface area contributed by atoms with Crippen LogP contribution in [-0.2, 0) is 0 Å². The third kappa shape index (κ3) is 4.32. The molecule has 0 saturated heterocycles. The van der Waals surface area contributed by atoms with E-state index < -0.39 is 30.4 Å². The highest BCUT2D eigenvalue weighted by atomic mass is 35.5. The van der Waals surface area contributed by atoms with Crippen LogP contribution in [0.15, 0.2) is 30.5 Å². The Balaban J connectivity index is 2.49. The summed E-state index contributed by atoms with van der Waals surface area (Å²) in [6.07, 6.45) is -3.73. The van der Waals surface area contributed by atoms with Crippen molar-refractivity contribution in [1.29, 1.82) is 0 Å². The van der Waals surface area contributed by atoms with Gasteiger partial charge in [0, 0.05) is 11.8 Å². The maximum Gasteiger partial charge on any atom is 0.422 e. The second-order valence-corrected chi connectivity index (χ2v) is 4.82. The maximum absolute atomic E-state index is 13.2. The molecule has 122 valence electrons. The monoisotopic (exact) mass is 349 g/mol. The van der Waals surface area contributed by atoms with E-state index in [2.05, 4.69) is 9.72 Å². The molecule has 0 spiro atoms. The number of carboxylic acids is 1. The summed E-state index contributed by atoms with van der Waals surface area (Å²) in [6, 6.07) is 4.44. The molecule has 0 aliphatic rings. The summed E-state index contributed by atoms with van der Waals surface area (Å²) in [5, 5.41) is 8.68. The molecule has 0 bridgehead atoms. The lowest BCUT2D eigenvalue weighted by Crippen LogP contribution is -2.20. The topological polar surface area (TPSA) is 59.4 Å². The van der Waals surface area contributed by atoms with E-state index in [1.165, 1.54) is 6.07 Å². The van der Waals surface area contributed by atoms with E-state index in [1.54, 1.807) is 0 Å². The van der Waals surface area contributed by atoms with Gasteiger partial charge >= 0.3 is 12.1 Å². The number of carbonyl (C=O) groups is 1. The molecule has 0 unspecified atom stereocenters. The Bertz CT molecular complexity index is 749. The summed E-state index contributed by atoms with van der Waals surface area (Å²) < 4.78 is 54.6. The molecule has 0 radical (unpaired) electrons. The highest BCUT2D eigenvalue weighted by Crippen LogP contribution is 2.32. The van der Waals surface area contributed by atoms with Crippen LogP contribution in [0.2, 0.25) is 5.02 Å². The van der Waals surface area contributed by atoms with Crippen molar-refractivity contribution in [2.45, 2.75) is 6.18 Å². The van der Waals surface area contributed by atoms with Crippen molar-refractivity contribution >= 4 is 17.6 Å². The van der Waals surface area contributed by atoms with Gasteiger partial charge in [-0.05, 0) is 23.8 Å².